The lowest BCUT2D eigenvalue weighted by Crippen LogP contribution is -2.23. The summed E-state index contributed by atoms with van der Waals surface area (Å²) in [5.41, 5.74) is 1.48. The Morgan fingerprint density at radius 1 is 1.23 bits per heavy atom. The summed E-state index contributed by atoms with van der Waals surface area (Å²) in [5.74, 6) is 1.29. The van der Waals surface area contributed by atoms with Crippen molar-refractivity contribution in [1.82, 2.24) is 0 Å². The van der Waals surface area contributed by atoms with Crippen LogP contribution < -0.4 is 14.8 Å². The molecule has 1 N–H and O–H groups in total. The largest absolute Gasteiger partial charge is 0.490 e. The lowest BCUT2D eigenvalue weighted by molar-refractivity contribution is 0.0564. The molecule has 0 aliphatic rings. The molecule has 0 aliphatic carbocycles. The average molecular weight is 311 g/mol. The molecule has 124 valence electrons. The van der Waals surface area contributed by atoms with Gasteiger partial charge in [0.15, 0.2) is 11.5 Å². The van der Waals surface area contributed by atoms with Crippen LogP contribution in [0, 0.1) is 6.92 Å². The lowest BCUT2D eigenvalue weighted by Gasteiger charge is -2.17. The molecule has 6 heteroatoms. The monoisotopic (exact) mass is 311 g/mol. The minimum atomic E-state index is -0.532. The molecular formula is C16H25NO5. The number of ether oxygens (including phenoxy) is 4. The number of rotatable bonds is 8. The van der Waals surface area contributed by atoms with Crippen molar-refractivity contribution < 1.29 is 23.7 Å². The highest BCUT2D eigenvalue weighted by molar-refractivity contribution is 5.85. The maximum absolute atomic E-state index is 11.8. The van der Waals surface area contributed by atoms with Gasteiger partial charge in [-0.25, -0.2) is 4.79 Å². The van der Waals surface area contributed by atoms with Crippen molar-refractivity contribution in [2.75, 3.05) is 32.2 Å². The van der Waals surface area contributed by atoms with Gasteiger partial charge in [-0.3, -0.25) is 5.32 Å². The number of hydrogen-bond donors (Lipinski definition) is 1. The quantitative estimate of drug-likeness (QED) is 0.797. The van der Waals surface area contributed by atoms with Gasteiger partial charge in [-0.1, -0.05) is 0 Å². The van der Waals surface area contributed by atoms with E-state index in [9.17, 15) is 4.79 Å². The summed E-state index contributed by atoms with van der Waals surface area (Å²) in [6.45, 7) is 8.87. The van der Waals surface area contributed by atoms with Crippen molar-refractivity contribution in [2.24, 2.45) is 0 Å². The number of hydrogen-bond acceptors (Lipinski definition) is 5. The van der Waals surface area contributed by atoms with Gasteiger partial charge >= 0.3 is 6.09 Å². The maximum atomic E-state index is 11.8. The highest BCUT2D eigenvalue weighted by Crippen LogP contribution is 2.34. The standard InChI is InChI=1S/C16H25NO5/c1-6-20-14-9-13(8-11(3)15(14)21-7-2)17-16(18)22-12(4)10-19-5/h8-9,12H,6-7,10H2,1-5H3,(H,17,18). The third kappa shape index (κ3) is 5.44. The molecule has 0 aliphatic heterocycles. The Kier molecular flexibility index (Phi) is 7.52. The second kappa shape index (κ2) is 9.15. The van der Waals surface area contributed by atoms with Crippen LogP contribution in [0.2, 0.25) is 0 Å². The SMILES string of the molecule is CCOc1cc(NC(=O)OC(C)COC)cc(C)c1OCC. The van der Waals surface area contributed by atoms with Crippen LogP contribution in [-0.2, 0) is 9.47 Å². The molecule has 22 heavy (non-hydrogen) atoms. The smallest absolute Gasteiger partial charge is 0.411 e. The molecule has 1 aromatic carbocycles. The number of nitrogens with one attached hydrogen (secondary N) is 1. The van der Waals surface area contributed by atoms with Crippen molar-refractivity contribution in [3.05, 3.63) is 17.7 Å². The molecule has 1 atom stereocenters. The highest BCUT2D eigenvalue weighted by Gasteiger charge is 2.14. The molecule has 0 saturated carbocycles. The summed E-state index contributed by atoms with van der Waals surface area (Å²) in [6, 6.07) is 3.54. The van der Waals surface area contributed by atoms with E-state index in [4.69, 9.17) is 18.9 Å². The number of methoxy groups -OCH3 is 1. The maximum Gasteiger partial charge on any atom is 0.411 e. The van der Waals surface area contributed by atoms with Gasteiger partial charge in [0.2, 0.25) is 0 Å². The van der Waals surface area contributed by atoms with Gasteiger partial charge in [0.25, 0.3) is 0 Å². The second-order valence-electron chi connectivity index (χ2n) is 4.78. The summed E-state index contributed by atoms with van der Waals surface area (Å²) in [4.78, 5) is 11.8. The molecule has 1 rings (SSSR count). The Hall–Kier alpha value is -1.95. The van der Waals surface area contributed by atoms with Crippen LogP contribution in [0.15, 0.2) is 12.1 Å². The van der Waals surface area contributed by atoms with Crippen LogP contribution in [-0.4, -0.2) is 39.1 Å². The van der Waals surface area contributed by atoms with E-state index in [1.165, 1.54) is 0 Å². The third-order valence-corrected chi connectivity index (χ3v) is 2.79. The van der Waals surface area contributed by atoms with Gasteiger partial charge < -0.3 is 18.9 Å². The molecule has 0 spiro atoms. The topological polar surface area (TPSA) is 66.0 Å². The minimum Gasteiger partial charge on any atom is -0.490 e. The summed E-state index contributed by atoms with van der Waals surface area (Å²) in [5, 5.41) is 2.69. The highest BCUT2D eigenvalue weighted by atomic mass is 16.6. The summed E-state index contributed by atoms with van der Waals surface area (Å²) < 4.78 is 21.3. The first-order valence-electron chi connectivity index (χ1n) is 7.38. The van der Waals surface area contributed by atoms with Crippen molar-refractivity contribution in [3.8, 4) is 11.5 Å². The minimum absolute atomic E-state index is 0.319. The average Bonchev–Trinajstić information content (AvgIpc) is 2.43. The van der Waals surface area contributed by atoms with Crippen LogP contribution in [0.5, 0.6) is 11.5 Å². The molecule has 0 radical (unpaired) electrons. The fourth-order valence-electron chi connectivity index (χ4n) is 2.00. The number of aryl methyl sites for hydroxylation is 1. The molecule has 0 saturated heterocycles. The fraction of sp³-hybridized carbons (Fsp3) is 0.562. The van der Waals surface area contributed by atoms with Gasteiger partial charge in [-0.15, -0.1) is 0 Å². The van der Waals surface area contributed by atoms with Gasteiger partial charge in [0.05, 0.1) is 19.8 Å². The first kappa shape index (κ1) is 18.1. The van der Waals surface area contributed by atoms with E-state index in [0.717, 1.165) is 5.56 Å². The van der Waals surface area contributed by atoms with E-state index in [2.05, 4.69) is 5.32 Å². The van der Waals surface area contributed by atoms with Gasteiger partial charge in [-0.05, 0) is 39.3 Å². The molecule has 0 bridgehead atoms. The first-order valence-corrected chi connectivity index (χ1v) is 7.38. The van der Waals surface area contributed by atoms with Gasteiger partial charge in [0.1, 0.15) is 6.10 Å². The van der Waals surface area contributed by atoms with Gasteiger partial charge in [-0.2, -0.15) is 0 Å². The second-order valence-corrected chi connectivity index (χ2v) is 4.78. The Bertz CT molecular complexity index is 490. The Balaban J connectivity index is 2.84. The molecule has 0 aromatic heterocycles. The Morgan fingerprint density at radius 2 is 1.91 bits per heavy atom. The first-order chi connectivity index (χ1) is 10.5. The summed E-state index contributed by atoms with van der Waals surface area (Å²) in [6.07, 6.45) is -0.851. The molecule has 1 unspecified atom stereocenters. The van der Waals surface area contributed by atoms with Crippen LogP contribution in [0.25, 0.3) is 0 Å². The predicted molar refractivity (Wildman–Crippen MR) is 85.0 cm³/mol. The molecule has 1 aromatic rings. The van der Waals surface area contributed by atoms with Crippen LogP contribution in [0.1, 0.15) is 26.3 Å². The van der Waals surface area contributed by atoms with E-state index in [1.807, 2.05) is 26.8 Å². The zero-order valence-corrected chi connectivity index (χ0v) is 13.9. The van der Waals surface area contributed by atoms with Crippen LogP contribution in [0.4, 0.5) is 10.5 Å². The zero-order valence-electron chi connectivity index (χ0n) is 13.9. The van der Waals surface area contributed by atoms with Crippen molar-refractivity contribution in [1.29, 1.82) is 0 Å². The van der Waals surface area contributed by atoms with E-state index in [0.29, 0.717) is 37.0 Å². The lowest BCUT2D eigenvalue weighted by atomic mass is 10.2. The summed E-state index contributed by atoms with van der Waals surface area (Å²) in [7, 11) is 1.56. The van der Waals surface area contributed by atoms with Crippen molar-refractivity contribution >= 4 is 11.8 Å². The molecule has 0 fully saturated rings. The number of anilines is 1. The molecule has 6 nitrogen and oxygen atoms in total. The predicted octanol–water partition coefficient (Wildman–Crippen LogP) is 3.38. The number of carbonyl (C=O) groups excluding carboxylic acids is 1. The zero-order chi connectivity index (χ0) is 16.5. The normalized spacial score (nSPS) is 11.7. The van der Waals surface area contributed by atoms with Crippen molar-refractivity contribution in [3.63, 3.8) is 0 Å². The Labute approximate surface area is 131 Å². The number of benzene rings is 1. The van der Waals surface area contributed by atoms with Crippen LogP contribution in [0.3, 0.4) is 0 Å². The summed E-state index contributed by atoms with van der Waals surface area (Å²) >= 11 is 0. The Morgan fingerprint density at radius 3 is 2.50 bits per heavy atom. The fourth-order valence-corrected chi connectivity index (χ4v) is 2.00. The van der Waals surface area contributed by atoms with E-state index < -0.39 is 6.09 Å². The number of carbonyl (C=O) groups is 1. The van der Waals surface area contributed by atoms with E-state index in [1.54, 1.807) is 20.1 Å². The van der Waals surface area contributed by atoms with Crippen LogP contribution >= 0.6 is 0 Å². The molecule has 0 heterocycles. The van der Waals surface area contributed by atoms with Gasteiger partial charge in [0, 0.05) is 18.9 Å². The number of amides is 1. The molecular weight excluding hydrogens is 286 g/mol. The van der Waals surface area contributed by atoms with Crippen molar-refractivity contribution in [2.45, 2.75) is 33.8 Å². The van der Waals surface area contributed by atoms with E-state index in [-0.39, 0.29) is 6.10 Å². The third-order valence-electron chi connectivity index (χ3n) is 2.79. The van der Waals surface area contributed by atoms with E-state index >= 15 is 0 Å². The molecule has 1 amide bonds.